The zero-order valence-corrected chi connectivity index (χ0v) is 7.77. The van der Waals surface area contributed by atoms with E-state index in [1.807, 2.05) is 0 Å². The lowest BCUT2D eigenvalue weighted by atomic mass is 9.95. The van der Waals surface area contributed by atoms with Gasteiger partial charge in [-0.1, -0.05) is 0 Å². The third kappa shape index (κ3) is 2.43. The first kappa shape index (κ1) is 10.5. The van der Waals surface area contributed by atoms with Crippen molar-refractivity contribution in [3.63, 3.8) is 0 Å². The Balaban J connectivity index is 2.83. The molecule has 1 aromatic heterocycles. The summed E-state index contributed by atoms with van der Waals surface area (Å²) in [6.07, 6.45) is 1.56. The van der Waals surface area contributed by atoms with E-state index in [0.717, 1.165) is 0 Å². The lowest BCUT2D eigenvalue weighted by molar-refractivity contribution is -0.142. The van der Waals surface area contributed by atoms with E-state index in [-0.39, 0.29) is 12.3 Å². The van der Waals surface area contributed by atoms with Crippen LogP contribution in [0.3, 0.4) is 0 Å². The van der Waals surface area contributed by atoms with Crippen LogP contribution < -0.4 is 5.73 Å². The van der Waals surface area contributed by atoms with Gasteiger partial charge in [-0.2, -0.15) is 0 Å². The van der Waals surface area contributed by atoms with Gasteiger partial charge in [-0.25, -0.2) is 4.98 Å². The van der Waals surface area contributed by atoms with Crippen LogP contribution in [-0.4, -0.2) is 26.7 Å². The van der Waals surface area contributed by atoms with E-state index in [1.54, 1.807) is 6.07 Å². The number of aliphatic carboxylic acids is 1. The van der Waals surface area contributed by atoms with Gasteiger partial charge in [-0.05, 0) is 18.6 Å². The zero-order valence-electron chi connectivity index (χ0n) is 7.77. The van der Waals surface area contributed by atoms with Crippen molar-refractivity contribution in [2.24, 2.45) is 5.73 Å². The summed E-state index contributed by atoms with van der Waals surface area (Å²) in [5.41, 5.74) is 4.86. The topological polar surface area (TPSA) is 96.4 Å². The van der Waals surface area contributed by atoms with Crippen molar-refractivity contribution in [2.45, 2.75) is 18.9 Å². The molecule has 0 fully saturated rings. The molecule has 0 aliphatic carbocycles. The fourth-order valence-corrected chi connectivity index (χ4v) is 1.07. The summed E-state index contributed by atoms with van der Waals surface area (Å²) in [6, 6.07) is 3.02. The van der Waals surface area contributed by atoms with Gasteiger partial charge in [0.25, 0.3) is 0 Å². The number of nitrogens with two attached hydrogens (primary N) is 1. The molecule has 0 radical (unpaired) electrons. The number of aromatic nitrogens is 1. The molecule has 0 aliphatic heterocycles. The molecular weight excluding hydrogens is 184 g/mol. The highest BCUT2D eigenvalue weighted by molar-refractivity contribution is 5.78. The second kappa shape index (κ2) is 3.63. The minimum Gasteiger partial charge on any atom is -0.493 e. The first-order valence-electron chi connectivity index (χ1n) is 4.08. The summed E-state index contributed by atoms with van der Waals surface area (Å²) in [4.78, 5) is 14.3. The minimum atomic E-state index is -1.33. The lowest BCUT2D eigenvalue weighted by Gasteiger charge is -2.18. The molecule has 0 amide bonds. The van der Waals surface area contributed by atoms with Crippen molar-refractivity contribution in [3.05, 3.63) is 23.9 Å². The normalized spacial score (nSPS) is 14.7. The molecule has 0 saturated carbocycles. The van der Waals surface area contributed by atoms with Gasteiger partial charge in [0.2, 0.25) is 5.88 Å². The number of rotatable bonds is 3. The van der Waals surface area contributed by atoms with E-state index in [2.05, 4.69) is 4.98 Å². The Morgan fingerprint density at radius 1 is 1.71 bits per heavy atom. The number of aromatic hydroxyl groups is 1. The number of carboxylic acids is 1. The van der Waals surface area contributed by atoms with E-state index in [9.17, 15) is 4.79 Å². The van der Waals surface area contributed by atoms with Crippen LogP contribution in [0, 0.1) is 0 Å². The van der Waals surface area contributed by atoms with Crippen molar-refractivity contribution in [1.29, 1.82) is 0 Å². The van der Waals surface area contributed by atoms with Crippen molar-refractivity contribution in [2.75, 3.05) is 0 Å². The van der Waals surface area contributed by atoms with Crippen LogP contribution in [0.4, 0.5) is 0 Å². The molecule has 5 nitrogen and oxygen atoms in total. The highest BCUT2D eigenvalue weighted by Crippen LogP contribution is 2.13. The largest absolute Gasteiger partial charge is 0.493 e. The van der Waals surface area contributed by atoms with Crippen LogP contribution >= 0.6 is 0 Å². The molecule has 76 valence electrons. The van der Waals surface area contributed by atoms with Crippen LogP contribution in [0.25, 0.3) is 0 Å². The van der Waals surface area contributed by atoms with Gasteiger partial charge in [0.15, 0.2) is 0 Å². The van der Waals surface area contributed by atoms with Crippen LogP contribution in [0.15, 0.2) is 18.3 Å². The number of hydrogen-bond acceptors (Lipinski definition) is 4. The number of carboxylic acid groups (broad SMARTS) is 1. The van der Waals surface area contributed by atoms with Crippen LogP contribution in [0.1, 0.15) is 12.5 Å². The average Bonchev–Trinajstić information content (AvgIpc) is 2.02. The molecule has 0 saturated heterocycles. The lowest BCUT2D eigenvalue weighted by Crippen LogP contribution is -2.46. The standard InChI is InChI=1S/C9H12N2O3/c1-9(10,8(13)14)5-6-2-3-11-7(12)4-6/h2-4H,5,10H2,1H3,(H,11,12)(H,13,14)/t9-/m1/s1. The predicted molar refractivity (Wildman–Crippen MR) is 49.8 cm³/mol. The summed E-state index contributed by atoms with van der Waals surface area (Å²) in [7, 11) is 0. The van der Waals surface area contributed by atoms with Crippen molar-refractivity contribution in [1.82, 2.24) is 4.98 Å². The maximum Gasteiger partial charge on any atom is 0.323 e. The van der Waals surface area contributed by atoms with Crippen LogP contribution in [-0.2, 0) is 11.2 Å². The Hall–Kier alpha value is -1.62. The Kier molecular flexibility index (Phi) is 2.71. The fourth-order valence-electron chi connectivity index (χ4n) is 1.07. The van der Waals surface area contributed by atoms with E-state index < -0.39 is 11.5 Å². The second-order valence-corrected chi connectivity index (χ2v) is 3.42. The number of carbonyl (C=O) groups is 1. The molecule has 14 heavy (non-hydrogen) atoms. The molecule has 1 aromatic rings. The van der Waals surface area contributed by atoms with E-state index in [1.165, 1.54) is 19.2 Å². The fraction of sp³-hybridized carbons (Fsp3) is 0.333. The predicted octanol–water partition coefficient (Wildman–Crippen LogP) is 0.132. The quantitative estimate of drug-likeness (QED) is 0.638. The molecule has 1 rings (SSSR count). The van der Waals surface area contributed by atoms with Crippen molar-refractivity contribution >= 4 is 5.97 Å². The summed E-state index contributed by atoms with van der Waals surface area (Å²) in [5.74, 6) is -1.21. The Morgan fingerprint density at radius 3 is 2.86 bits per heavy atom. The summed E-state index contributed by atoms with van der Waals surface area (Å²) >= 11 is 0. The van der Waals surface area contributed by atoms with Gasteiger partial charge in [0.05, 0.1) is 0 Å². The van der Waals surface area contributed by atoms with Gasteiger partial charge < -0.3 is 15.9 Å². The maximum atomic E-state index is 10.7. The first-order valence-corrected chi connectivity index (χ1v) is 4.08. The summed E-state index contributed by atoms with van der Waals surface area (Å²) in [6.45, 7) is 1.42. The maximum absolute atomic E-state index is 10.7. The number of pyridine rings is 1. The highest BCUT2D eigenvalue weighted by atomic mass is 16.4. The zero-order chi connectivity index (χ0) is 10.8. The van der Waals surface area contributed by atoms with Crippen molar-refractivity contribution < 1.29 is 15.0 Å². The van der Waals surface area contributed by atoms with E-state index >= 15 is 0 Å². The number of nitrogens with zero attached hydrogens (tertiary/aromatic N) is 1. The molecule has 1 heterocycles. The number of hydrogen-bond donors (Lipinski definition) is 3. The third-order valence-electron chi connectivity index (χ3n) is 1.87. The average molecular weight is 196 g/mol. The SMILES string of the molecule is C[C@@](N)(Cc1ccnc(O)c1)C(=O)O. The molecular formula is C9H12N2O3. The Morgan fingerprint density at radius 2 is 2.36 bits per heavy atom. The molecule has 0 unspecified atom stereocenters. The third-order valence-corrected chi connectivity index (χ3v) is 1.87. The summed E-state index contributed by atoms with van der Waals surface area (Å²) in [5, 5.41) is 17.8. The second-order valence-electron chi connectivity index (χ2n) is 3.42. The molecule has 0 spiro atoms. The molecule has 5 heteroatoms. The van der Waals surface area contributed by atoms with E-state index in [4.69, 9.17) is 15.9 Å². The Labute approximate surface area is 81.2 Å². The smallest absolute Gasteiger partial charge is 0.323 e. The van der Waals surface area contributed by atoms with Crippen LogP contribution in [0.2, 0.25) is 0 Å². The molecule has 0 bridgehead atoms. The van der Waals surface area contributed by atoms with Crippen molar-refractivity contribution in [3.8, 4) is 5.88 Å². The molecule has 0 aromatic carbocycles. The van der Waals surface area contributed by atoms with Crippen LogP contribution in [0.5, 0.6) is 5.88 Å². The first-order chi connectivity index (χ1) is 6.42. The van der Waals surface area contributed by atoms with Gasteiger partial charge >= 0.3 is 5.97 Å². The summed E-state index contributed by atoms with van der Waals surface area (Å²) < 4.78 is 0. The molecule has 0 aliphatic rings. The van der Waals surface area contributed by atoms with Gasteiger partial charge in [-0.15, -0.1) is 0 Å². The highest BCUT2D eigenvalue weighted by Gasteiger charge is 2.28. The van der Waals surface area contributed by atoms with Gasteiger partial charge in [0.1, 0.15) is 5.54 Å². The molecule has 1 atom stereocenters. The van der Waals surface area contributed by atoms with Gasteiger partial charge in [0, 0.05) is 18.7 Å². The molecule has 4 N–H and O–H groups in total. The minimum absolute atomic E-state index is 0.135. The Bertz CT molecular complexity index is 350. The van der Waals surface area contributed by atoms with Gasteiger partial charge in [-0.3, -0.25) is 4.79 Å². The monoisotopic (exact) mass is 196 g/mol. The van der Waals surface area contributed by atoms with E-state index in [0.29, 0.717) is 5.56 Å².